The Morgan fingerprint density at radius 1 is 1.32 bits per heavy atom. The lowest BCUT2D eigenvalue weighted by Gasteiger charge is -2.31. The maximum Gasteiger partial charge on any atom is 0.141 e. The number of alkyl halides is 1. The summed E-state index contributed by atoms with van der Waals surface area (Å²) in [6.45, 7) is 7.59. The highest BCUT2D eigenvalue weighted by Crippen LogP contribution is 2.31. The summed E-state index contributed by atoms with van der Waals surface area (Å²) in [6.07, 6.45) is 3.97. The quantitative estimate of drug-likeness (QED) is 0.729. The van der Waals surface area contributed by atoms with E-state index in [0.29, 0.717) is 6.04 Å². The zero-order chi connectivity index (χ0) is 13.8. The van der Waals surface area contributed by atoms with Gasteiger partial charge in [0.1, 0.15) is 17.0 Å². The number of rotatable bonds is 6. The summed E-state index contributed by atoms with van der Waals surface area (Å²) in [5, 5.41) is 2.15. The van der Waals surface area contributed by atoms with Crippen LogP contribution in [0.3, 0.4) is 0 Å². The van der Waals surface area contributed by atoms with E-state index >= 15 is 0 Å². The Morgan fingerprint density at radius 3 is 2.68 bits per heavy atom. The van der Waals surface area contributed by atoms with Gasteiger partial charge in [-0.15, -0.1) is 11.3 Å². The maximum absolute atomic E-state index is 4.56. The number of fused-ring (bicyclic) bond motifs is 1. The van der Waals surface area contributed by atoms with E-state index in [4.69, 9.17) is 0 Å². The smallest absolute Gasteiger partial charge is 0.141 e. The van der Waals surface area contributed by atoms with Gasteiger partial charge in [0.25, 0.3) is 0 Å². The molecular weight excluding hydrogens is 322 g/mol. The summed E-state index contributed by atoms with van der Waals surface area (Å²) in [5.41, 5.74) is 0. The first-order valence-corrected chi connectivity index (χ1v) is 8.68. The van der Waals surface area contributed by atoms with Crippen LogP contribution in [0, 0.1) is 6.92 Å². The molecule has 0 aliphatic carbocycles. The van der Waals surface area contributed by atoms with E-state index in [2.05, 4.69) is 57.6 Å². The fourth-order valence-electron chi connectivity index (χ4n) is 2.47. The Morgan fingerprint density at radius 2 is 2.05 bits per heavy atom. The van der Waals surface area contributed by atoms with E-state index in [1.54, 1.807) is 17.7 Å². The monoisotopic (exact) mass is 341 g/mol. The number of aryl methyl sites for hydroxylation is 1. The van der Waals surface area contributed by atoms with Crippen molar-refractivity contribution in [3.63, 3.8) is 0 Å². The van der Waals surface area contributed by atoms with E-state index in [9.17, 15) is 0 Å². The first-order chi connectivity index (χ1) is 9.21. The predicted molar refractivity (Wildman–Crippen MR) is 87.7 cm³/mol. The van der Waals surface area contributed by atoms with Crippen LogP contribution < -0.4 is 4.90 Å². The summed E-state index contributed by atoms with van der Waals surface area (Å²) in [7, 11) is 0. The molecule has 0 amide bonds. The van der Waals surface area contributed by atoms with Gasteiger partial charge in [-0.25, -0.2) is 9.97 Å². The molecule has 2 rings (SSSR count). The zero-order valence-electron chi connectivity index (χ0n) is 11.7. The number of anilines is 1. The number of hydrogen-bond acceptors (Lipinski definition) is 4. The summed E-state index contributed by atoms with van der Waals surface area (Å²) in [5.74, 6) is 1.09. The van der Waals surface area contributed by atoms with Crippen LogP contribution in [0.5, 0.6) is 0 Å². The molecule has 19 heavy (non-hydrogen) atoms. The van der Waals surface area contributed by atoms with E-state index in [1.807, 2.05) is 0 Å². The molecule has 0 aliphatic rings. The van der Waals surface area contributed by atoms with Gasteiger partial charge < -0.3 is 4.90 Å². The topological polar surface area (TPSA) is 29.0 Å². The highest BCUT2D eigenvalue weighted by Gasteiger charge is 2.19. The van der Waals surface area contributed by atoms with Crippen LogP contribution in [0.15, 0.2) is 12.4 Å². The number of thiophene rings is 1. The minimum absolute atomic E-state index is 0.538. The molecule has 0 spiro atoms. The van der Waals surface area contributed by atoms with E-state index in [-0.39, 0.29) is 0 Å². The van der Waals surface area contributed by atoms with Gasteiger partial charge in [-0.05, 0) is 25.8 Å². The van der Waals surface area contributed by atoms with Crippen LogP contribution in [0.1, 0.15) is 31.6 Å². The molecule has 0 radical (unpaired) electrons. The molecule has 104 valence electrons. The van der Waals surface area contributed by atoms with Crippen molar-refractivity contribution in [1.82, 2.24) is 9.97 Å². The average Bonchev–Trinajstić information content (AvgIpc) is 2.79. The predicted octanol–water partition coefficient (Wildman–Crippen LogP) is 4.39. The lowest BCUT2D eigenvalue weighted by atomic mass is 10.1. The van der Waals surface area contributed by atoms with Crippen molar-refractivity contribution in [3.05, 3.63) is 17.3 Å². The normalized spacial score (nSPS) is 11.4. The van der Waals surface area contributed by atoms with Crippen molar-refractivity contribution in [2.24, 2.45) is 0 Å². The van der Waals surface area contributed by atoms with Crippen LogP contribution in [0.25, 0.3) is 10.2 Å². The molecule has 3 nitrogen and oxygen atoms in total. The van der Waals surface area contributed by atoms with Crippen molar-refractivity contribution < 1.29 is 0 Å². The summed E-state index contributed by atoms with van der Waals surface area (Å²) in [6, 6.07) is 2.75. The van der Waals surface area contributed by atoms with Crippen LogP contribution in [-0.4, -0.2) is 27.9 Å². The van der Waals surface area contributed by atoms with Gasteiger partial charge in [-0.2, -0.15) is 0 Å². The Bertz CT molecular complexity index is 536. The standard InChI is InChI=1S/C14H20BrN3S/c1-4-11(5-2)18(7-6-15)13-12-8-10(3)19-14(12)17-9-16-13/h8-9,11H,4-7H2,1-3H3. The molecule has 0 N–H and O–H groups in total. The third-order valence-corrected chi connectivity index (χ3v) is 4.73. The minimum atomic E-state index is 0.538. The largest absolute Gasteiger partial charge is 0.352 e. The Kier molecular flexibility index (Phi) is 5.16. The van der Waals surface area contributed by atoms with Crippen LogP contribution in [0.4, 0.5) is 5.82 Å². The van der Waals surface area contributed by atoms with Crippen molar-refractivity contribution in [1.29, 1.82) is 0 Å². The lowest BCUT2D eigenvalue weighted by molar-refractivity contribution is 0.565. The van der Waals surface area contributed by atoms with Gasteiger partial charge in [0.15, 0.2) is 0 Å². The summed E-state index contributed by atoms with van der Waals surface area (Å²) in [4.78, 5) is 13.7. The fourth-order valence-corrected chi connectivity index (χ4v) is 3.70. The molecular formula is C14H20BrN3S. The lowest BCUT2D eigenvalue weighted by Crippen LogP contribution is -2.36. The van der Waals surface area contributed by atoms with Crippen LogP contribution in [-0.2, 0) is 0 Å². The van der Waals surface area contributed by atoms with Gasteiger partial charge >= 0.3 is 0 Å². The number of nitrogens with zero attached hydrogens (tertiary/aromatic N) is 3. The second-order valence-electron chi connectivity index (χ2n) is 4.63. The summed E-state index contributed by atoms with van der Waals surface area (Å²) >= 11 is 5.30. The number of halogens is 1. The van der Waals surface area contributed by atoms with Crippen LogP contribution in [0.2, 0.25) is 0 Å². The second-order valence-corrected chi connectivity index (χ2v) is 6.65. The minimum Gasteiger partial charge on any atom is -0.352 e. The van der Waals surface area contributed by atoms with Gasteiger partial charge in [0, 0.05) is 22.8 Å². The molecule has 0 bridgehead atoms. The van der Waals surface area contributed by atoms with E-state index in [0.717, 1.165) is 35.4 Å². The molecule has 2 aromatic heterocycles. The Hall–Kier alpha value is -0.680. The van der Waals surface area contributed by atoms with Crippen molar-refractivity contribution in [3.8, 4) is 0 Å². The molecule has 2 aromatic rings. The Labute approximate surface area is 127 Å². The van der Waals surface area contributed by atoms with Gasteiger partial charge in [-0.3, -0.25) is 0 Å². The zero-order valence-corrected chi connectivity index (χ0v) is 14.1. The number of aromatic nitrogens is 2. The van der Waals surface area contributed by atoms with Crippen LogP contribution >= 0.6 is 27.3 Å². The first-order valence-electron chi connectivity index (χ1n) is 6.75. The highest BCUT2D eigenvalue weighted by molar-refractivity contribution is 9.09. The molecule has 5 heteroatoms. The summed E-state index contributed by atoms with van der Waals surface area (Å²) < 4.78 is 0. The van der Waals surface area contributed by atoms with Gasteiger partial charge in [0.2, 0.25) is 0 Å². The van der Waals surface area contributed by atoms with E-state index in [1.165, 1.54) is 10.3 Å². The third kappa shape index (κ3) is 3.08. The van der Waals surface area contributed by atoms with Gasteiger partial charge in [-0.1, -0.05) is 29.8 Å². The SMILES string of the molecule is CCC(CC)N(CCBr)c1ncnc2sc(C)cc12. The van der Waals surface area contributed by atoms with Gasteiger partial charge in [0.05, 0.1) is 5.39 Å². The molecule has 0 fully saturated rings. The second kappa shape index (κ2) is 6.66. The molecule has 0 aromatic carbocycles. The van der Waals surface area contributed by atoms with Crippen molar-refractivity contribution in [2.45, 2.75) is 39.7 Å². The molecule has 2 heterocycles. The highest BCUT2D eigenvalue weighted by atomic mass is 79.9. The molecule has 0 aliphatic heterocycles. The molecule has 0 saturated heterocycles. The van der Waals surface area contributed by atoms with Crippen molar-refractivity contribution >= 4 is 43.3 Å². The molecule has 0 unspecified atom stereocenters. The Balaban J connectivity index is 2.48. The first kappa shape index (κ1) is 14.7. The van der Waals surface area contributed by atoms with E-state index < -0.39 is 0 Å². The molecule has 0 saturated carbocycles. The maximum atomic E-state index is 4.56. The fraction of sp³-hybridized carbons (Fsp3) is 0.571. The number of hydrogen-bond donors (Lipinski definition) is 0. The molecule has 0 atom stereocenters. The van der Waals surface area contributed by atoms with Crippen molar-refractivity contribution in [2.75, 3.05) is 16.8 Å². The average molecular weight is 342 g/mol. The third-order valence-electron chi connectivity index (χ3n) is 3.41.